The third-order valence-corrected chi connectivity index (χ3v) is 4.63. The molecule has 9 heteroatoms. The summed E-state index contributed by atoms with van der Waals surface area (Å²) < 4.78 is 41.8. The first-order valence-electron chi connectivity index (χ1n) is 6.37. The van der Waals surface area contributed by atoms with Gasteiger partial charge in [-0.3, -0.25) is 0 Å². The van der Waals surface area contributed by atoms with Crippen LogP contribution in [0.25, 0.3) is 0 Å². The van der Waals surface area contributed by atoms with Gasteiger partial charge in [-0.1, -0.05) is 0 Å². The molecule has 0 atom stereocenters. The summed E-state index contributed by atoms with van der Waals surface area (Å²) in [6.07, 6.45) is -0.419. The zero-order chi connectivity index (χ0) is 14.9. The molecule has 0 saturated carbocycles. The van der Waals surface area contributed by atoms with Crippen molar-refractivity contribution in [1.29, 1.82) is 0 Å². The van der Waals surface area contributed by atoms with Gasteiger partial charge < -0.3 is 19.1 Å². The van der Waals surface area contributed by atoms with Crippen LogP contribution in [0.1, 0.15) is 0 Å². The zero-order valence-electron chi connectivity index (χ0n) is 11.1. The Kier molecular flexibility index (Phi) is 3.60. The molecule has 8 nitrogen and oxygen atoms in total. The highest BCUT2D eigenvalue weighted by Crippen LogP contribution is 2.33. The number of cyclic esters (lactones) is 1. The lowest BCUT2D eigenvalue weighted by atomic mass is 10.3. The van der Waals surface area contributed by atoms with Crippen LogP contribution in [0.5, 0.6) is 11.5 Å². The third kappa shape index (κ3) is 2.88. The van der Waals surface area contributed by atoms with Crippen molar-refractivity contribution in [2.75, 3.05) is 33.0 Å². The molecule has 1 saturated heterocycles. The molecule has 0 aliphatic carbocycles. The van der Waals surface area contributed by atoms with Crippen molar-refractivity contribution in [3.63, 3.8) is 0 Å². The summed E-state index contributed by atoms with van der Waals surface area (Å²) in [5.74, 6) is 0.926. The highest BCUT2D eigenvalue weighted by atomic mass is 32.2. The van der Waals surface area contributed by atoms with E-state index in [0.29, 0.717) is 24.7 Å². The fourth-order valence-electron chi connectivity index (χ4n) is 2.07. The van der Waals surface area contributed by atoms with Crippen molar-refractivity contribution in [3.05, 3.63) is 18.2 Å². The smallest absolute Gasteiger partial charge is 0.409 e. The number of fused-ring (bicyclic) bond motifs is 1. The highest BCUT2D eigenvalue weighted by Gasteiger charge is 2.23. The summed E-state index contributed by atoms with van der Waals surface area (Å²) >= 11 is 0. The quantitative estimate of drug-likeness (QED) is 0.831. The van der Waals surface area contributed by atoms with Crippen LogP contribution < -0.4 is 14.2 Å². The van der Waals surface area contributed by atoms with Crippen molar-refractivity contribution >= 4 is 16.1 Å². The molecular formula is C12H14N2O6S. The minimum Gasteiger partial charge on any atom is -0.454 e. The number of nitrogens with zero attached hydrogens (tertiary/aromatic N) is 1. The highest BCUT2D eigenvalue weighted by molar-refractivity contribution is 7.89. The Balaban J connectivity index is 1.62. The Morgan fingerprint density at radius 3 is 2.76 bits per heavy atom. The van der Waals surface area contributed by atoms with E-state index in [1.807, 2.05) is 0 Å². The normalized spacial score (nSPS) is 17.1. The van der Waals surface area contributed by atoms with E-state index in [2.05, 4.69) is 4.72 Å². The minimum atomic E-state index is -3.66. The summed E-state index contributed by atoms with van der Waals surface area (Å²) in [4.78, 5) is 12.8. The van der Waals surface area contributed by atoms with Crippen molar-refractivity contribution in [1.82, 2.24) is 9.62 Å². The van der Waals surface area contributed by atoms with Crippen LogP contribution in [0.4, 0.5) is 4.79 Å². The molecule has 2 aliphatic rings. The molecule has 0 unspecified atom stereocenters. The summed E-state index contributed by atoms with van der Waals surface area (Å²) in [6, 6.07) is 4.41. The van der Waals surface area contributed by atoms with Gasteiger partial charge in [0.05, 0.1) is 11.4 Å². The topological polar surface area (TPSA) is 94.2 Å². The van der Waals surface area contributed by atoms with E-state index in [-0.39, 0.29) is 24.8 Å². The molecule has 2 aliphatic heterocycles. The van der Waals surface area contributed by atoms with E-state index < -0.39 is 16.1 Å². The second-order valence-corrected chi connectivity index (χ2v) is 6.28. The lowest BCUT2D eigenvalue weighted by Gasteiger charge is -2.13. The molecule has 1 fully saturated rings. The van der Waals surface area contributed by atoms with E-state index >= 15 is 0 Å². The molecule has 3 rings (SSSR count). The Morgan fingerprint density at radius 2 is 2.00 bits per heavy atom. The second-order valence-electron chi connectivity index (χ2n) is 4.51. The van der Waals surface area contributed by atoms with Gasteiger partial charge in [0.15, 0.2) is 11.5 Å². The van der Waals surface area contributed by atoms with Crippen molar-refractivity contribution < 1.29 is 27.4 Å². The summed E-state index contributed by atoms with van der Waals surface area (Å²) in [7, 11) is -3.66. The SMILES string of the molecule is O=C1OCCN1CCNS(=O)(=O)c1ccc2c(c1)OCO2. The van der Waals surface area contributed by atoms with Crippen molar-refractivity contribution in [2.24, 2.45) is 0 Å². The predicted molar refractivity (Wildman–Crippen MR) is 70.7 cm³/mol. The Morgan fingerprint density at radius 1 is 1.19 bits per heavy atom. The molecule has 21 heavy (non-hydrogen) atoms. The molecule has 0 radical (unpaired) electrons. The van der Waals surface area contributed by atoms with E-state index in [0.717, 1.165) is 0 Å². The van der Waals surface area contributed by atoms with E-state index in [1.165, 1.54) is 17.0 Å². The molecule has 0 aromatic heterocycles. The first-order valence-corrected chi connectivity index (χ1v) is 7.85. The lowest BCUT2D eigenvalue weighted by Crippen LogP contribution is -2.35. The van der Waals surface area contributed by atoms with Gasteiger partial charge in [0, 0.05) is 19.2 Å². The number of benzene rings is 1. The largest absolute Gasteiger partial charge is 0.454 e. The van der Waals surface area contributed by atoms with Crippen LogP contribution in [-0.2, 0) is 14.8 Å². The van der Waals surface area contributed by atoms with Crippen molar-refractivity contribution in [3.8, 4) is 11.5 Å². The average Bonchev–Trinajstić information content (AvgIpc) is 3.07. The maximum absolute atomic E-state index is 12.1. The van der Waals surface area contributed by atoms with Gasteiger partial charge >= 0.3 is 6.09 Å². The Labute approximate surface area is 121 Å². The van der Waals surface area contributed by atoms with Gasteiger partial charge in [-0.25, -0.2) is 17.9 Å². The van der Waals surface area contributed by atoms with E-state index in [9.17, 15) is 13.2 Å². The summed E-state index contributed by atoms with van der Waals surface area (Å²) in [5.41, 5.74) is 0. The van der Waals surface area contributed by atoms with Gasteiger partial charge in [0.2, 0.25) is 16.8 Å². The molecular weight excluding hydrogens is 300 g/mol. The lowest BCUT2D eigenvalue weighted by molar-refractivity contribution is 0.159. The number of sulfonamides is 1. The van der Waals surface area contributed by atoms with Gasteiger partial charge in [0.1, 0.15) is 6.61 Å². The summed E-state index contributed by atoms with van der Waals surface area (Å²) in [5, 5.41) is 0. The molecule has 114 valence electrons. The third-order valence-electron chi connectivity index (χ3n) is 3.17. The van der Waals surface area contributed by atoms with Crippen LogP contribution in [0, 0.1) is 0 Å². The van der Waals surface area contributed by atoms with Crippen LogP contribution >= 0.6 is 0 Å². The molecule has 1 amide bonds. The van der Waals surface area contributed by atoms with Crippen LogP contribution in [0.2, 0.25) is 0 Å². The van der Waals surface area contributed by atoms with Gasteiger partial charge in [-0.15, -0.1) is 0 Å². The number of nitrogens with one attached hydrogen (secondary N) is 1. The zero-order valence-corrected chi connectivity index (χ0v) is 11.9. The molecule has 0 bridgehead atoms. The van der Waals surface area contributed by atoms with E-state index in [4.69, 9.17) is 14.2 Å². The molecule has 0 spiro atoms. The standard InChI is InChI=1S/C12H14N2O6S/c15-12-14(5-6-18-12)4-3-13-21(16,17)9-1-2-10-11(7-9)20-8-19-10/h1-2,7,13H,3-6,8H2. The maximum atomic E-state index is 12.1. The van der Waals surface area contributed by atoms with Gasteiger partial charge in [-0.2, -0.15) is 0 Å². The van der Waals surface area contributed by atoms with Gasteiger partial charge in [0.25, 0.3) is 0 Å². The maximum Gasteiger partial charge on any atom is 0.409 e. The summed E-state index contributed by atoms with van der Waals surface area (Å²) in [6.45, 7) is 1.29. The first kappa shape index (κ1) is 14.0. The number of hydrogen-bond donors (Lipinski definition) is 1. The molecule has 1 aromatic rings. The number of amides is 1. The fourth-order valence-corrected chi connectivity index (χ4v) is 3.11. The van der Waals surface area contributed by atoms with E-state index in [1.54, 1.807) is 6.07 Å². The number of carbonyl (C=O) groups is 1. The molecule has 2 heterocycles. The molecule has 1 N–H and O–H groups in total. The van der Waals surface area contributed by atoms with Crippen molar-refractivity contribution in [2.45, 2.75) is 4.90 Å². The number of rotatable bonds is 5. The molecule has 1 aromatic carbocycles. The van der Waals surface area contributed by atoms with Crippen LogP contribution in [0.15, 0.2) is 23.1 Å². The van der Waals surface area contributed by atoms with Gasteiger partial charge in [-0.05, 0) is 12.1 Å². The number of hydrogen-bond acceptors (Lipinski definition) is 6. The predicted octanol–water partition coefficient (Wildman–Crippen LogP) is 0.146. The average molecular weight is 314 g/mol. The Bertz CT molecular complexity index is 660. The monoisotopic (exact) mass is 314 g/mol. The first-order chi connectivity index (χ1) is 10.1. The fraction of sp³-hybridized carbons (Fsp3) is 0.417. The second kappa shape index (κ2) is 5.41. The number of carbonyl (C=O) groups excluding carboxylic acids is 1. The van der Waals surface area contributed by atoms with Crippen LogP contribution in [-0.4, -0.2) is 52.4 Å². The Hall–Kier alpha value is -2.00. The number of ether oxygens (including phenoxy) is 3. The minimum absolute atomic E-state index is 0.0866. The van der Waals surface area contributed by atoms with Crippen LogP contribution in [0.3, 0.4) is 0 Å².